The monoisotopic (exact) mass is 525 g/mol. The van der Waals surface area contributed by atoms with E-state index in [1.165, 1.54) is 12.5 Å². The molecule has 0 aromatic carbocycles. The summed E-state index contributed by atoms with van der Waals surface area (Å²) >= 11 is 0. The van der Waals surface area contributed by atoms with Gasteiger partial charge in [-0.1, -0.05) is 0 Å². The first-order valence-electron chi connectivity index (χ1n) is 12.8. The molecule has 0 radical (unpaired) electrons. The summed E-state index contributed by atoms with van der Waals surface area (Å²) in [5, 5.41) is 8.13. The zero-order valence-corrected chi connectivity index (χ0v) is 22.5. The van der Waals surface area contributed by atoms with Gasteiger partial charge in [0.25, 0.3) is 0 Å². The Morgan fingerprint density at radius 3 is 2.58 bits per heavy atom. The van der Waals surface area contributed by atoms with Gasteiger partial charge in [-0.25, -0.2) is 24.4 Å². The molecular weight excluding hydrogens is 490 g/mol. The molecule has 1 fully saturated rings. The number of nitrogens with one attached hydrogen (secondary N) is 1. The van der Waals surface area contributed by atoms with E-state index in [-0.39, 0.29) is 6.79 Å². The van der Waals surface area contributed by atoms with E-state index in [1.54, 1.807) is 20.8 Å². The summed E-state index contributed by atoms with van der Waals surface area (Å²) in [6, 6.07) is 0.624. The highest BCUT2D eigenvalue weighted by molar-refractivity contribution is 5.99. The number of rotatable bonds is 6. The highest BCUT2D eigenvalue weighted by Crippen LogP contribution is 2.46. The molecule has 204 valence electrons. The number of nitrogen functional groups attached to an aromatic ring is 1. The standard InChI is InChI=1S/C25H35N9O4/c1-25(2,3)38-24(35)30-16-12-27-19(21-20(16)36-14-37-21)18-17-22(26)28-13-29-23(17)34(31-18)11-10-33-8-6-15(7-9-33)32(4)5/h12-13,15H,6-11,14H2,1-5H3,(H,30,35)(H2,26,28,29). The lowest BCUT2D eigenvalue weighted by molar-refractivity contribution is 0.0635. The Hall–Kier alpha value is -3.71. The number of amides is 1. The van der Waals surface area contributed by atoms with Crippen molar-refractivity contribution in [3.8, 4) is 22.9 Å². The Balaban J connectivity index is 1.42. The Morgan fingerprint density at radius 1 is 1.13 bits per heavy atom. The summed E-state index contributed by atoms with van der Waals surface area (Å²) in [5.41, 5.74) is 7.54. The molecule has 1 saturated heterocycles. The van der Waals surface area contributed by atoms with Crippen LogP contribution in [0.25, 0.3) is 22.4 Å². The van der Waals surface area contributed by atoms with Gasteiger partial charge in [0.2, 0.25) is 6.79 Å². The number of carbonyl (C=O) groups excluding carboxylic acids is 1. The number of ether oxygens (including phenoxy) is 3. The molecule has 5 heterocycles. The molecule has 3 N–H and O–H groups in total. The molecule has 2 aliphatic heterocycles. The normalized spacial score (nSPS) is 16.4. The number of hydrogen-bond acceptors (Lipinski definition) is 11. The molecule has 0 aliphatic carbocycles. The van der Waals surface area contributed by atoms with Crippen molar-refractivity contribution in [1.29, 1.82) is 0 Å². The minimum atomic E-state index is -0.649. The van der Waals surface area contributed by atoms with Crippen LogP contribution < -0.4 is 20.5 Å². The average molecular weight is 526 g/mol. The van der Waals surface area contributed by atoms with E-state index in [1.807, 2.05) is 4.68 Å². The van der Waals surface area contributed by atoms with E-state index < -0.39 is 11.7 Å². The molecule has 5 rings (SSSR count). The van der Waals surface area contributed by atoms with Crippen LogP contribution in [0.2, 0.25) is 0 Å². The molecule has 0 spiro atoms. The summed E-state index contributed by atoms with van der Waals surface area (Å²) < 4.78 is 18.7. The molecule has 38 heavy (non-hydrogen) atoms. The predicted octanol–water partition coefficient (Wildman–Crippen LogP) is 2.57. The molecule has 1 amide bonds. The van der Waals surface area contributed by atoms with Gasteiger partial charge in [-0.15, -0.1) is 0 Å². The van der Waals surface area contributed by atoms with Crippen molar-refractivity contribution < 1.29 is 19.0 Å². The molecule has 0 atom stereocenters. The minimum Gasteiger partial charge on any atom is -0.451 e. The average Bonchev–Trinajstić information content (AvgIpc) is 3.49. The number of likely N-dealkylation sites (tertiary alicyclic amines) is 1. The van der Waals surface area contributed by atoms with E-state index in [2.05, 4.69) is 44.2 Å². The van der Waals surface area contributed by atoms with E-state index in [4.69, 9.17) is 25.0 Å². The van der Waals surface area contributed by atoms with Gasteiger partial charge in [-0.3, -0.25) is 5.32 Å². The van der Waals surface area contributed by atoms with Crippen LogP contribution in [0.4, 0.5) is 16.3 Å². The van der Waals surface area contributed by atoms with Crippen LogP contribution in [0.1, 0.15) is 33.6 Å². The molecule has 0 unspecified atom stereocenters. The maximum Gasteiger partial charge on any atom is 0.412 e. The summed E-state index contributed by atoms with van der Waals surface area (Å²) in [6.07, 6.45) is 4.60. The number of hydrogen-bond donors (Lipinski definition) is 2. The molecule has 3 aromatic rings. The zero-order chi connectivity index (χ0) is 27.0. The van der Waals surface area contributed by atoms with Gasteiger partial charge < -0.3 is 29.7 Å². The second kappa shape index (κ2) is 10.2. The molecule has 13 nitrogen and oxygen atoms in total. The SMILES string of the molecule is CN(C)C1CCN(CCn2nc(-c3ncc(NC(=O)OC(C)(C)C)c4c3OCO4)c3c(N)ncnc32)CC1. The van der Waals surface area contributed by atoms with Crippen molar-refractivity contribution in [2.45, 2.75) is 51.8 Å². The van der Waals surface area contributed by atoms with E-state index in [0.29, 0.717) is 58.0 Å². The number of carbonyl (C=O) groups is 1. The van der Waals surface area contributed by atoms with Crippen LogP contribution in [-0.2, 0) is 11.3 Å². The summed E-state index contributed by atoms with van der Waals surface area (Å²) in [5.74, 6) is 1.01. The molecule has 0 bridgehead atoms. The van der Waals surface area contributed by atoms with E-state index in [9.17, 15) is 4.79 Å². The van der Waals surface area contributed by atoms with Crippen molar-refractivity contribution in [2.75, 3.05) is 51.6 Å². The number of nitrogens with zero attached hydrogens (tertiary/aromatic N) is 7. The van der Waals surface area contributed by atoms with E-state index in [0.717, 1.165) is 32.5 Å². The second-order valence-corrected chi connectivity index (χ2v) is 10.8. The largest absolute Gasteiger partial charge is 0.451 e. The van der Waals surface area contributed by atoms with Gasteiger partial charge in [0, 0.05) is 12.6 Å². The summed E-state index contributed by atoms with van der Waals surface area (Å²) in [7, 11) is 4.28. The van der Waals surface area contributed by atoms with Crippen LogP contribution in [0.15, 0.2) is 12.5 Å². The van der Waals surface area contributed by atoms with Gasteiger partial charge in [-0.05, 0) is 60.8 Å². The maximum atomic E-state index is 12.3. The fourth-order valence-corrected chi connectivity index (χ4v) is 4.82. The molecule has 3 aromatic heterocycles. The number of fused-ring (bicyclic) bond motifs is 2. The lowest BCUT2D eigenvalue weighted by atomic mass is 10.0. The number of anilines is 2. The number of aromatic nitrogens is 5. The van der Waals surface area contributed by atoms with Crippen molar-refractivity contribution >= 4 is 28.6 Å². The fraction of sp³-hybridized carbons (Fsp3) is 0.560. The van der Waals surface area contributed by atoms with Crippen LogP contribution >= 0.6 is 0 Å². The molecule has 0 saturated carbocycles. The maximum absolute atomic E-state index is 12.3. The van der Waals surface area contributed by atoms with Crippen molar-refractivity contribution in [2.24, 2.45) is 0 Å². The lowest BCUT2D eigenvalue weighted by Crippen LogP contribution is -2.42. The number of pyridine rings is 1. The minimum absolute atomic E-state index is 0.0233. The van der Waals surface area contributed by atoms with Gasteiger partial charge in [0.05, 0.1) is 18.1 Å². The summed E-state index contributed by atoms with van der Waals surface area (Å²) in [4.78, 5) is 30.3. The van der Waals surface area contributed by atoms with Crippen LogP contribution in [0, 0.1) is 0 Å². The Kier molecular flexibility index (Phi) is 6.97. The highest BCUT2D eigenvalue weighted by atomic mass is 16.7. The first-order chi connectivity index (χ1) is 18.1. The third-order valence-corrected chi connectivity index (χ3v) is 6.73. The third-order valence-electron chi connectivity index (χ3n) is 6.73. The second-order valence-electron chi connectivity index (χ2n) is 10.8. The summed E-state index contributed by atoms with van der Waals surface area (Å²) in [6.45, 7) is 8.90. The number of nitrogens with two attached hydrogens (primary N) is 1. The van der Waals surface area contributed by atoms with Crippen molar-refractivity contribution in [3.05, 3.63) is 12.5 Å². The Morgan fingerprint density at radius 2 is 1.87 bits per heavy atom. The Bertz CT molecular complexity index is 1330. The van der Waals surface area contributed by atoms with Crippen LogP contribution in [0.5, 0.6) is 11.5 Å². The van der Waals surface area contributed by atoms with E-state index >= 15 is 0 Å². The van der Waals surface area contributed by atoms with Gasteiger partial charge in [0.15, 0.2) is 17.1 Å². The number of piperidine rings is 1. The molecular formula is C25H35N9O4. The first kappa shape index (κ1) is 25.9. The van der Waals surface area contributed by atoms with Gasteiger partial charge >= 0.3 is 6.09 Å². The third kappa shape index (κ3) is 5.29. The highest BCUT2D eigenvalue weighted by Gasteiger charge is 2.30. The van der Waals surface area contributed by atoms with Crippen molar-refractivity contribution in [1.82, 2.24) is 34.5 Å². The van der Waals surface area contributed by atoms with Crippen LogP contribution in [0.3, 0.4) is 0 Å². The zero-order valence-electron chi connectivity index (χ0n) is 22.5. The fourth-order valence-electron chi connectivity index (χ4n) is 4.82. The quantitative estimate of drug-likeness (QED) is 0.489. The topological polar surface area (TPSA) is 146 Å². The van der Waals surface area contributed by atoms with Gasteiger partial charge in [-0.2, -0.15) is 5.10 Å². The lowest BCUT2D eigenvalue weighted by Gasteiger charge is -2.35. The van der Waals surface area contributed by atoms with Gasteiger partial charge in [0.1, 0.15) is 34.8 Å². The Labute approximate surface area is 221 Å². The predicted molar refractivity (Wildman–Crippen MR) is 142 cm³/mol. The molecule has 2 aliphatic rings. The van der Waals surface area contributed by atoms with Crippen LogP contribution in [-0.4, -0.2) is 92.8 Å². The molecule has 13 heteroatoms. The smallest absolute Gasteiger partial charge is 0.412 e. The van der Waals surface area contributed by atoms with Crippen molar-refractivity contribution in [3.63, 3.8) is 0 Å². The first-order valence-corrected chi connectivity index (χ1v) is 12.8.